The highest BCUT2D eigenvalue weighted by molar-refractivity contribution is 5.45. The summed E-state index contributed by atoms with van der Waals surface area (Å²) < 4.78 is 10.8. The fourth-order valence-corrected chi connectivity index (χ4v) is 3.18. The Kier molecular flexibility index (Phi) is 4.10. The van der Waals surface area contributed by atoms with E-state index in [-0.39, 0.29) is 12.1 Å². The molecule has 2 atom stereocenters. The van der Waals surface area contributed by atoms with Crippen LogP contribution < -0.4 is 15.0 Å². The molecule has 0 spiro atoms. The Labute approximate surface area is 119 Å². The Morgan fingerprint density at radius 1 is 1.15 bits per heavy atom. The van der Waals surface area contributed by atoms with Crippen LogP contribution in [0, 0.1) is 0 Å². The zero-order chi connectivity index (χ0) is 13.9. The standard InChI is InChI=1S/C15H22N2O3/c1-11(16-18)15(17-7-3-2-4-8-17)12-5-6-13-14(9-12)20-10-19-13/h5-6,9,11,15-16,18H,2-4,7-8,10H2,1H3/t11-,15-/m1/s1. The predicted molar refractivity (Wildman–Crippen MR) is 75.1 cm³/mol. The van der Waals surface area contributed by atoms with Crippen LogP contribution in [0.2, 0.25) is 0 Å². The average Bonchev–Trinajstić information content (AvgIpc) is 2.96. The topological polar surface area (TPSA) is 54.0 Å². The second-order valence-electron chi connectivity index (χ2n) is 5.57. The van der Waals surface area contributed by atoms with E-state index in [1.165, 1.54) is 19.3 Å². The second-order valence-corrected chi connectivity index (χ2v) is 5.57. The van der Waals surface area contributed by atoms with Crippen LogP contribution in [0.4, 0.5) is 0 Å². The van der Waals surface area contributed by atoms with Crippen LogP contribution >= 0.6 is 0 Å². The van der Waals surface area contributed by atoms with Gasteiger partial charge in [-0.1, -0.05) is 12.5 Å². The van der Waals surface area contributed by atoms with Crippen molar-refractivity contribution < 1.29 is 14.7 Å². The van der Waals surface area contributed by atoms with Crippen molar-refractivity contribution in [1.82, 2.24) is 10.4 Å². The molecule has 0 unspecified atom stereocenters. The van der Waals surface area contributed by atoms with Crippen molar-refractivity contribution in [1.29, 1.82) is 0 Å². The number of rotatable bonds is 4. The number of hydrogen-bond acceptors (Lipinski definition) is 5. The molecule has 20 heavy (non-hydrogen) atoms. The van der Waals surface area contributed by atoms with Crippen molar-refractivity contribution in [2.24, 2.45) is 0 Å². The first-order valence-corrected chi connectivity index (χ1v) is 7.33. The fourth-order valence-electron chi connectivity index (χ4n) is 3.18. The molecule has 2 aliphatic heterocycles. The Bertz CT molecular complexity index is 460. The van der Waals surface area contributed by atoms with Crippen LogP contribution in [0.15, 0.2) is 18.2 Å². The summed E-state index contributed by atoms with van der Waals surface area (Å²) in [6.45, 7) is 4.45. The largest absolute Gasteiger partial charge is 0.454 e. The molecule has 0 radical (unpaired) electrons. The van der Waals surface area contributed by atoms with Gasteiger partial charge in [0.2, 0.25) is 6.79 Å². The van der Waals surface area contributed by atoms with E-state index in [0.717, 1.165) is 30.2 Å². The quantitative estimate of drug-likeness (QED) is 0.828. The van der Waals surface area contributed by atoms with Gasteiger partial charge in [-0.05, 0) is 50.6 Å². The first-order valence-electron chi connectivity index (χ1n) is 7.33. The summed E-state index contributed by atoms with van der Waals surface area (Å²) in [5, 5.41) is 9.36. The summed E-state index contributed by atoms with van der Waals surface area (Å²) in [6.07, 6.45) is 3.74. The maximum atomic E-state index is 9.36. The van der Waals surface area contributed by atoms with Gasteiger partial charge >= 0.3 is 0 Å². The third-order valence-electron chi connectivity index (χ3n) is 4.20. The van der Waals surface area contributed by atoms with Gasteiger partial charge in [-0.15, -0.1) is 0 Å². The van der Waals surface area contributed by atoms with Crippen LogP contribution in [-0.2, 0) is 0 Å². The number of likely N-dealkylation sites (tertiary alicyclic amines) is 1. The highest BCUT2D eigenvalue weighted by Gasteiger charge is 2.28. The van der Waals surface area contributed by atoms with Crippen molar-refractivity contribution in [3.63, 3.8) is 0 Å². The van der Waals surface area contributed by atoms with E-state index in [9.17, 15) is 5.21 Å². The molecule has 3 rings (SSSR count). The van der Waals surface area contributed by atoms with Gasteiger partial charge in [0.1, 0.15) is 0 Å². The van der Waals surface area contributed by atoms with E-state index < -0.39 is 0 Å². The van der Waals surface area contributed by atoms with Gasteiger partial charge in [0.25, 0.3) is 0 Å². The van der Waals surface area contributed by atoms with Gasteiger partial charge in [-0.25, -0.2) is 5.48 Å². The Morgan fingerprint density at radius 3 is 2.65 bits per heavy atom. The number of ether oxygens (including phenoxy) is 2. The Morgan fingerprint density at radius 2 is 1.90 bits per heavy atom. The van der Waals surface area contributed by atoms with Gasteiger partial charge in [-0.2, -0.15) is 0 Å². The molecule has 1 aromatic rings. The molecule has 0 bridgehead atoms. The zero-order valence-corrected chi connectivity index (χ0v) is 11.8. The van der Waals surface area contributed by atoms with Crippen molar-refractivity contribution in [2.75, 3.05) is 19.9 Å². The molecule has 1 aromatic carbocycles. The average molecular weight is 278 g/mol. The summed E-state index contributed by atoms with van der Waals surface area (Å²) in [5.41, 5.74) is 3.57. The normalized spacial score (nSPS) is 21.7. The van der Waals surface area contributed by atoms with Gasteiger partial charge in [0, 0.05) is 6.04 Å². The maximum Gasteiger partial charge on any atom is 0.231 e. The smallest absolute Gasteiger partial charge is 0.231 e. The molecule has 110 valence electrons. The summed E-state index contributed by atoms with van der Waals surface area (Å²) in [5.74, 6) is 1.60. The minimum atomic E-state index is -0.0338. The van der Waals surface area contributed by atoms with E-state index in [1.807, 2.05) is 19.1 Å². The number of hydrogen-bond donors (Lipinski definition) is 2. The minimum absolute atomic E-state index is 0.0338. The summed E-state index contributed by atoms with van der Waals surface area (Å²) in [4.78, 5) is 2.44. The Balaban J connectivity index is 1.88. The van der Waals surface area contributed by atoms with Crippen molar-refractivity contribution in [3.8, 4) is 11.5 Å². The number of piperidine rings is 1. The molecule has 2 heterocycles. The number of fused-ring (bicyclic) bond motifs is 1. The lowest BCUT2D eigenvalue weighted by Gasteiger charge is -2.37. The van der Waals surface area contributed by atoms with E-state index in [4.69, 9.17) is 9.47 Å². The first kappa shape index (κ1) is 13.7. The van der Waals surface area contributed by atoms with Crippen LogP contribution in [0.5, 0.6) is 11.5 Å². The predicted octanol–water partition coefficient (Wildman–Crippen LogP) is 2.31. The van der Waals surface area contributed by atoms with Crippen LogP contribution in [0.25, 0.3) is 0 Å². The van der Waals surface area contributed by atoms with E-state index in [2.05, 4.69) is 16.4 Å². The summed E-state index contributed by atoms with van der Waals surface area (Å²) >= 11 is 0. The number of benzene rings is 1. The third kappa shape index (κ3) is 2.61. The van der Waals surface area contributed by atoms with Gasteiger partial charge in [0.05, 0.1) is 6.04 Å². The monoisotopic (exact) mass is 278 g/mol. The molecule has 2 N–H and O–H groups in total. The first-order chi connectivity index (χ1) is 9.79. The molecule has 5 heteroatoms. The van der Waals surface area contributed by atoms with E-state index >= 15 is 0 Å². The van der Waals surface area contributed by atoms with Crippen LogP contribution in [0.3, 0.4) is 0 Å². The fraction of sp³-hybridized carbons (Fsp3) is 0.600. The molecular weight excluding hydrogens is 256 g/mol. The minimum Gasteiger partial charge on any atom is -0.454 e. The molecule has 0 amide bonds. The Hall–Kier alpha value is -1.30. The van der Waals surface area contributed by atoms with Crippen LogP contribution in [0.1, 0.15) is 37.8 Å². The zero-order valence-electron chi connectivity index (χ0n) is 11.8. The number of nitrogens with zero attached hydrogens (tertiary/aromatic N) is 1. The van der Waals surface area contributed by atoms with Gasteiger partial charge in [-0.3, -0.25) is 4.90 Å². The molecule has 0 aromatic heterocycles. The van der Waals surface area contributed by atoms with Crippen LogP contribution in [-0.4, -0.2) is 36.0 Å². The molecule has 1 saturated heterocycles. The highest BCUT2D eigenvalue weighted by atomic mass is 16.7. The number of hydroxylamine groups is 1. The van der Waals surface area contributed by atoms with E-state index in [0.29, 0.717) is 6.79 Å². The summed E-state index contributed by atoms with van der Waals surface area (Å²) in [7, 11) is 0. The summed E-state index contributed by atoms with van der Waals surface area (Å²) in [6, 6.07) is 6.18. The van der Waals surface area contributed by atoms with Crippen molar-refractivity contribution >= 4 is 0 Å². The molecule has 1 fully saturated rings. The lowest BCUT2D eigenvalue weighted by molar-refractivity contribution is 0.0588. The van der Waals surface area contributed by atoms with Crippen molar-refractivity contribution in [3.05, 3.63) is 23.8 Å². The SMILES string of the molecule is C[C@@H](NO)[C@H](c1ccc2c(c1)OCO2)N1CCCCC1. The molecule has 5 nitrogen and oxygen atoms in total. The highest BCUT2D eigenvalue weighted by Crippen LogP contribution is 2.37. The molecule has 0 saturated carbocycles. The molecular formula is C15H22N2O3. The maximum absolute atomic E-state index is 9.36. The van der Waals surface area contributed by atoms with Gasteiger partial charge < -0.3 is 14.7 Å². The van der Waals surface area contributed by atoms with Gasteiger partial charge in [0.15, 0.2) is 11.5 Å². The lowest BCUT2D eigenvalue weighted by atomic mass is 9.96. The lowest BCUT2D eigenvalue weighted by Crippen LogP contribution is -2.43. The number of nitrogens with one attached hydrogen (secondary N) is 1. The van der Waals surface area contributed by atoms with E-state index in [1.54, 1.807) is 0 Å². The molecule has 2 aliphatic rings. The third-order valence-corrected chi connectivity index (χ3v) is 4.20. The second kappa shape index (κ2) is 5.99. The molecule has 0 aliphatic carbocycles. The van der Waals surface area contributed by atoms with Crippen molar-refractivity contribution in [2.45, 2.75) is 38.3 Å².